The first-order chi connectivity index (χ1) is 17.5. The first-order valence-corrected chi connectivity index (χ1v) is 12.8. The number of ether oxygens (including phenoxy) is 1. The zero-order valence-corrected chi connectivity index (χ0v) is 21.6. The van der Waals surface area contributed by atoms with Crippen molar-refractivity contribution in [2.45, 2.75) is 45.2 Å². The van der Waals surface area contributed by atoms with Gasteiger partial charge in [-0.05, 0) is 79.8 Å². The van der Waals surface area contributed by atoms with Crippen LogP contribution in [0.3, 0.4) is 0 Å². The van der Waals surface area contributed by atoms with Gasteiger partial charge in [-0.1, -0.05) is 12.1 Å². The van der Waals surface area contributed by atoms with Crippen molar-refractivity contribution in [1.29, 1.82) is 0 Å². The predicted octanol–water partition coefficient (Wildman–Crippen LogP) is 4.64. The van der Waals surface area contributed by atoms with Gasteiger partial charge in [0.05, 0.1) is 18.5 Å². The fourth-order valence-corrected chi connectivity index (χ4v) is 4.62. The maximum Gasteiger partial charge on any atom is 0.219 e. The SMILES string of the molecule is COc1ccc(-c2ccc(CCCNc3ccc(CN4CCC(N(C)C(C)=O)CC4)cc3)nn2)cc1. The number of piperidine rings is 1. The van der Waals surface area contributed by atoms with Crippen LogP contribution >= 0.6 is 0 Å². The summed E-state index contributed by atoms with van der Waals surface area (Å²) in [6.07, 6.45) is 3.96. The zero-order valence-electron chi connectivity index (χ0n) is 21.6. The van der Waals surface area contributed by atoms with Gasteiger partial charge >= 0.3 is 0 Å². The van der Waals surface area contributed by atoms with E-state index in [-0.39, 0.29) is 5.91 Å². The third kappa shape index (κ3) is 7.04. The molecule has 0 radical (unpaired) electrons. The van der Waals surface area contributed by atoms with Crippen LogP contribution in [-0.4, -0.2) is 65.7 Å². The van der Waals surface area contributed by atoms with Crippen molar-refractivity contribution < 1.29 is 9.53 Å². The van der Waals surface area contributed by atoms with Gasteiger partial charge in [0.15, 0.2) is 0 Å². The molecule has 0 bridgehead atoms. The number of likely N-dealkylation sites (tertiary alicyclic amines) is 1. The number of anilines is 1. The van der Waals surface area contributed by atoms with Gasteiger partial charge < -0.3 is 15.0 Å². The van der Waals surface area contributed by atoms with Crippen molar-refractivity contribution in [2.24, 2.45) is 0 Å². The highest BCUT2D eigenvalue weighted by atomic mass is 16.5. The van der Waals surface area contributed by atoms with Gasteiger partial charge in [0, 0.05) is 57.4 Å². The Morgan fingerprint density at radius 2 is 1.75 bits per heavy atom. The van der Waals surface area contributed by atoms with Crippen LogP contribution in [0.4, 0.5) is 5.69 Å². The second kappa shape index (κ2) is 12.5. The van der Waals surface area contributed by atoms with Gasteiger partial charge in [0.25, 0.3) is 0 Å². The molecule has 7 heteroatoms. The van der Waals surface area contributed by atoms with Crippen LogP contribution in [0.1, 0.15) is 37.4 Å². The number of carbonyl (C=O) groups excluding carboxylic acids is 1. The molecule has 0 atom stereocenters. The molecule has 0 unspecified atom stereocenters. The van der Waals surface area contributed by atoms with Crippen LogP contribution < -0.4 is 10.1 Å². The molecule has 7 nitrogen and oxygen atoms in total. The standard InChI is InChI=1S/C29H37N5O2/c1-22(35)33(2)27-16-19-34(20-17-27)21-23-6-10-25(11-7-23)30-18-4-5-26-12-15-29(32-31-26)24-8-13-28(36-3)14-9-24/h6-15,27,30H,4-5,16-21H2,1-3H3. The number of benzene rings is 2. The molecule has 1 aliphatic rings. The molecule has 0 spiro atoms. The molecule has 0 aliphatic carbocycles. The second-order valence-electron chi connectivity index (χ2n) is 9.50. The molecular formula is C29H37N5O2. The van der Waals surface area contributed by atoms with E-state index in [9.17, 15) is 4.79 Å². The summed E-state index contributed by atoms with van der Waals surface area (Å²) in [7, 11) is 3.58. The molecule has 1 saturated heterocycles. The molecule has 1 aromatic heterocycles. The minimum atomic E-state index is 0.159. The van der Waals surface area contributed by atoms with E-state index in [4.69, 9.17) is 4.74 Å². The number of amides is 1. The summed E-state index contributed by atoms with van der Waals surface area (Å²) in [5.74, 6) is 0.993. The molecule has 2 aromatic carbocycles. The molecule has 3 aromatic rings. The fourth-order valence-electron chi connectivity index (χ4n) is 4.62. The van der Waals surface area contributed by atoms with Crippen LogP contribution in [0.2, 0.25) is 0 Å². The minimum Gasteiger partial charge on any atom is -0.497 e. The number of nitrogens with zero attached hydrogens (tertiary/aromatic N) is 4. The van der Waals surface area contributed by atoms with Crippen molar-refractivity contribution in [3.8, 4) is 17.0 Å². The zero-order chi connectivity index (χ0) is 25.3. The molecule has 36 heavy (non-hydrogen) atoms. The Labute approximate surface area is 214 Å². The van der Waals surface area contributed by atoms with Crippen LogP contribution in [0, 0.1) is 0 Å². The Morgan fingerprint density at radius 3 is 2.36 bits per heavy atom. The highest BCUT2D eigenvalue weighted by molar-refractivity contribution is 5.73. The van der Waals surface area contributed by atoms with Crippen molar-refractivity contribution in [1.82, 2.24) is 20.0 Å². The summed E-state index contributed by atoms with van der Waals surface area (Å²) >= 11 is 0. The van der Waals surface area contributed by atoms with E-state index < -0.39 is 0 Å². The molecule has 2 heterocycles. The molecule has 1 amide bonds. The Kier molecular flexibility index (Phi) is 8.90. The molecule has 1 aliphatic heterocycles. The molecular weight excluding hydrogens is 450 g/mol. The lowest BCUT2D eigenvalue weighted by Crippen LogP contribution is -2.44. The molecule has 1 N–H and O–H groups in total. The van der Waals surface area contributed by atoms with Crippen molar-refractivity contribution in [2.75, 3.05) is 39.1 Å². The number of nitrogens with one attached hydrogen (secondary N) is 1. The average molecular weight is 488 g/mol. The summed E-state index contributed by atoms with van der Waals surface area (Å²) in [6.45, 7) is 5.57. The monoisotopic (exact) mass is 487 g/mol. The summed E-state index contributed by atoms with van der Waals surface area (Å²) in [5, 5.41) is 12.3. The first-order valence-electron chi connectivity index (χ1n) is 12.8. The van der Waals surface area contributed by atoms with Gasteiger partial charge in [0.2, 0.25) is 5.91 Å². The maximum absolute atomic E-state index is 11.6. The van der Waals surface area contributed by atoms with Gasteiger partial charge in [-0.2, -0.15) is 10.2 Å². The van der Waals surface area contributed by atoms with Gasteiger partial charge in [-0.25, -0.2) is 0 Å². The lowest BCUT2D eigenvalue weighted by molar-refractivity contribution is -0.130. The van der Waals surface area contributed by atoms with E-state index >= 15 is 0 Å². The first kappa shape index (κ1) is 25.6. The minimum absolute atomic E-state index is 0.159. The van der Waals surface area contributed by atoms with Gasteiger partial charge in [-0.15, -0.1) is 0 Å². The van der Waals surface area contributed by atoms with E-state index in [1.165, 1.54) is 5.56 Å². The topological polar surface area (TPSA) is 70.6 Å². The normalized spacial score (nSPS) is 14.4. The number of aromatic nitrogens is 2. The summed E-state index contributed by atoms with van der Waals surface area (Å²) in [4.78, 5) is 16.0. The Morgan fingerprint density at radius 1 is 1.03 bits per heavy atom. The molecule has 1 fully saturated rings. The smallest absolute Gasteiger partial charge is 0.219 e. The Bertz CT molecular complexity index is 1090. The van der Waals surface area contributed by atoms with Crippen LogP contribution in [0.25, 0.3) is 11.3 Å². The number of rotatable bonds is 10. The summed E-state index contributed by atoms with van der Waals surface area (Å²) in [5.41, 5.74) is 5.37. The number of hydrogen-bond acceptors (Lipinski definition) is 6. The number of methoxy groups -OCH3 is 1. The lowest BCUT2D eigenvalue weighted by atomic mass is 10.0. The quantitative estimate of drug-likeness (QED) is 0.420. The highest BCUT2D eigenvalue weighted by Crippen LogP contribution is 2.21. The maximum atomic E-state index is 11.6. The van der Waals surface area contributed by atoms with Crippen LogP contribution in [0.5, 0.6) is 5.75 Å². The Balaban J connectivity index is 1.16. The number of carbonyl (C=O) groups is 1. The van der Waals surface area contributed by atoms with Crippen molar-refractivity contribution in [3.63, 3.8) is 0 Å². The Hall–Kier alpha value is -3.45. The third-order valence-electron chi connectivity index (χ3n) is 7.01. The molecule has 4 rings (SSSR count). The van der Waals surface area contributed by atoms with E-state index in [2.05, 4.69) is 50.7 Å². The number of hydrogen-bond donors (Lipinski definition) is 1. The van der Waals surface area contributed by atoms with Crippen LogP contribution in [-0.2, 0) is 17.8 Å². The number of aryl methyl sites for hydroxylation is 1. The summed E-state index contributed by atoms with van der Waals surface area (Å²) < 4.78 is 5.21. The van der Waals surface area contributed by atoms with Crippen molar-refractivity contribution >= 4 is 11.6 Å². The van der Waals surface area contributed by atoms with E-state index in [0.717, 1.165) is 80.3 Å². The van der Waals surface area contributed by atoms with E-state index in [0.29, 0.717) is 6.04 Å². The average Bonchev–Trinajstić information content (AvgIpc) is 2.92. The molecule has 0 saturated carbocycles. The van der Waals surface area contributed by atoms with Crippen molar-refractivity contribution in [3.05, 3.63) is 71.9 Å². The predicted molar refractivity (Wildman–Crippen MR) is 144 cm³/mol. The van der Waals surface area contributed by atoms with Gasteiger partial charge in [0.1, 0.15) is 5.75 Å². The summed E-state index contributed by atoms with van der Waals surface area (Å²) in [6, 6.07) is 21.1. The highest BCUT2D eigenvalue weighted by Gasteiger charge is 2.23. The second-order valence-corrected chi connectivity index (χ2v) is 9.50. The molecule has 190 valence electrons. The van der Waals surface area contributed by atoms with Gasteiger partial charge in [-0.3, -0.25) is 9.69 Å². The largest absolute Gasteiger partial charge is 0.497 e. The lowest BCUT2D eigenvalue weighted by Gasteiger charge is -2.36. The van der Waals surface area contributed by atoms with E-state index in [1.807, 2.05) is 42.3 Å². The third-order valence-corrected chi connectivity index (χ3v) is 7.01. The van der Waals surface area contributed by atoms with Crippen LogP contribution in [0.15, 0.2) is 60.7 Å². The van der Waals surface area contributed by atoms with E-state index in [1.54, 1.807) is 14.0 Å². The fraction of sp³-hybridized carbons (Fsp3) is 0.414.